The minimum absolute atomic E-state index is 0.787. The third kappa shape index (κ3) is 2.60. The van der Waals surface area contributed by atoms with Gasteiger partial charge in [-0.05, 0) is 60.9 Å². The first-order chi connectivity index (χ1) is 10.4. The van der Waals surface area contributed by atoms with Crippen molar-refractivity contribution >= 4 is 0 Å². The third-order valence-corrected chi connectivity index (χ3v) is 5.17. The number of benzene rings is 1. The van der Waals surface area contributed by atoms with Crippen LogP contribution in [-0.4, -0.2) is 23.0 Å². The van der Waals surface area contributed by atoms with E-state index >= 15 is 0 Å². The molecular weight excluding hydrogens is 256 g/mol. The van der Waals surface area contributed by atoms with E-state index in [2.05, 4.69) is 46.3 Å². The van der Waals surface area contributed by atoms with Gasteiger partial charge in [-0.25, -0.2) is 0 Å². The van der Waals surface area contributed by atoms with Gasteiger partial charge < -0.3 is 0 Å². The predicted molar refractivity (Wildman–Crippen MR) is 85.1 cm³/mol. The predicted octanol–water partition coefficient (Wildman–Crippen LogP) is 3.63. The summed E-state index contributed by atoms with van der Waals surface area (Å²) in [5.41, 5.74) is 4.43. The van der Waals surface area contributed by atoms with Gasteiger partial charge in [-0.3, -0.25) is 9.88 Å². The average Bonchev–Trinajstić information content (AvgIpc) is 2.55. The van der Waals surface area contributed by atoms with Crippen molar-refractivity contribution in [2.45, 2.75) is 31.7 Å². The number of likely N-dealkylation sites (tertiary alicyclic amines) is 1. The minimum atomic E-state index is 0.787. The summed E-state index contributed by atoms with van der Waals surface area (Å²) in [6.45, 7) is 3.44. The van der Waals surface area contributed by atoms with E-state index in [0.29, 0.717) is 0 Å². The molecule has 0 bridgehead atoms. The van der Waals surface area contributed by atoms with Crippen molar-refractivity contribution in [1.82, 2.24) is 9.88 Å². The van der Waals surface area contributed by atoms with Crippen molar-refractivity contribution in [1.29, 1.82) is 0 Å². The van der Waals surface area contributed by atoms with Gasteiger partial charge in [0.05, 0.1) is 5.69 Å². The summed E-state index contributed by atoms with van der Waals surface area (Å²) in [5.74, 6) is 1.62. The lowest BCUT2D eigenvalue weighted by atomic mass is 9.71. The highest BCUT2D eigenvalue weighted by molar-refractivity contribution is 5.34. The number of rotatable bonds is 2. The van der Waals surface area contributed by atoms with Gasteiger partial charge in [0.25, 0.3) is 0 Å². The number of aryl methyl sites for hydroxylation is 1. The van der Waals surface area contributed by atoms with E-state index in [4.69, 9.17) is 0 Å². The van der Waals surface area contributed by atoms with Crippen LogP contribution in [0.5, 0.6) is 0 Å². The van der Waals surface area contributed by atoms with E-state index < -0.39 is 0 Å². The molecule has 1 aliphatic heterocycles. The van der Waals surface area contributed by atoms with E-state index in [1.54, 1.807) is 11.1 Å². The molecule has 1 saturated heterocycles. The number of nitrogens with zero attached hydrogens (tertiary/aromatic N) is 2. The normalized spacial score (nSPS) is 25.1. The average molecular weight is 278 g/mol. The molecule has 21 heavy (non-hydrogen) atoms. The second kappa shape index (κ2) is 5.61. The van der Waals surface area contributed by atoms with Gasteiger partial charge >= 0.3 is 0 Å². The number of hydrogen-bond acceptors (Lipinski definition) is 2. The van der Waals surface area contributed by atoms with Crippen LogP contribution in [0.1, 0.15) is 35.6 Å². The van der Waals surface area contributed by atoms with Gasteiger partial charge in [-0.1, -0.05) is 30.3 Å². The van der Waals surface area contributed by atoms with Gasteiger partial charge in [0.15, 0.2) is 0 Å². The summed E-state index contributed by atoms with van der Waals surface area (Å²) in [5, 5.41) is 0. The largest absolute Gasteiger partial charge is 0.297 e. The highest BCUT2D eigenvalue weighted by Crippen LogP contribution is 2.41. The SMILES string of the molecule is c1ccc(CN2CC[C@H]3c4ccccc4CC[C@@H]3C2)nc1. The maximum Gasteiger partial charge on any atom is 0.0543 e. The molecule has 0 amide bonds. The van der Waals surface area contributed by atoms with Crippen molar-refractivity contribution in [2.75, 3.05) is 13.1 Å². The molecule has 2 heterocycles. The van der Waals surface area contributed by atoms with Crippen LogP contribution in [0.3, 0.4) is 0 Å². The summed E-state index contributed by atoms with van der Waals surface area (Å²) in [6.07, 6.45) is 5.81. The monoisotopic (exact) mass is 278 g/mol. The molecule has 1 aromatic carbocycles. The second-order valence-electron chi connectivity index (χ2n) is 6.45. The molecule has 2 aliphatic rings. The highest BCUT2D eigenvalue weighted by atomic mass is 15.1. The van der Waals surface area contributed by atoms with Crippen molar-refractivity contribution in [2.24, 2.45) is 5.92 Å². The zero-order chi connectivity index (χ0) is 14.1. The Morgan fingerprint density at radius 2 is 1.95 bits per heavy atom. The molecule has 2 atom stereocenters. The van der Waals surface area contributed by atoms with Crippen LogP contribution in [0.2, 0.25) is 0 Å². The lowest BCUT2D eigenvalue weighted by Gasteiger charge is -2.42. The standard InChI is InChI=1S/C19H22N2/c1-2-7-18-15(5-1)8-9-16-13-21(12-10-19(16)18)14-17-6-3-4-11-20-17/h1-7,11,16,19H,8-10,12-14H2/t16-,19-/m1/s1. The summed E-state index contributed by atoms with van der Waals surface area (Å²) < 4.78 is 0. The summed E-state index contributed by atoms with van der Waals surface area (Å²) in [6, 6.07) is 15.3. The first-order valence-corrected chi connectivity index (χ1v) is 8.10. The number of aromatic nitrogens is 1. The maximum atomic E-state index is 4.47. The fourth-order valence-electron chi connectivity index (χ4n) is 4.14. The van der Waals surface area contributed by atoms with Crippen LogP contribution < -0.4 is 0 Å². The van der Waals surface area contributed by atoms with E-state index in [9.17, 15) is 0 Å². The molecular formula is C19H22N2. The molecule has 0 N–H and O–H groups in total. The Labute approximate surface area is 126 Å². The van der Waals surface area contributed by atoms with Crippen molar-refractivity contribution in [3.05, 3.63) is 65.5 Å². The molecule has 2 heteroatoms. The number of fused-ring (bicyclic) bond motifs is 3. The first kappa shape index (κ1) is 13.0. The van der Waals surface area contributed by atoms with Gasteiger partial charge in [0.2, 0.25) is 0 Å². The smallest absolute Gasteiger partial charge is 0.0543 e. The van der Waals surface area contributed by atoms with Crippen LogP contribution in [0.25, 0.3) is 0 Å². The molecule has 108 valence electrons. The summed E-state index contributed by atoms with van der Waals surface area (Å²) in [7, 11) is 0. The van der Waals surface area contributed by atoms with Gasteiger partial charge in [0.1, 0.15) is 0 Å². The van der Waals surface area contributed by atoms with Crippen LogP contribution in [0, 0.1) is 5.92 Å². The van der Waals surface area contributed by atoms with E-state index in [1.165, 1.54) is 38.0 Å². The molecule has 1 fully saturated rings. The van der Waals surface area contributed by atoms with Crippen molar-refractivity contribution in [3.8, 4) is 0 Å². The first-order valence-electron chi connectivity index (χ1n) is 8.10. The quantitative estimate of drug-likeness (QED) is 0.834. The summed E-state index contributed by atoms with van der Waals surface area (Å²) >= 11 is 0. The lowest BCUT2D eigenvalue weighted by molar-refractivity contribution is 0.133. The topological polar surface area (TPSA) is 16.1 Å². The molecule has 4 rings (SSSR count). The lowest BCUT2D eigenvalue weighted by Crippen LogP contribution is -2.41. The number of hydrogen-bond donors (Lipinski definition) is 0. The zero-order valence-electron chi connectivity index (χ0n) is 12.4. The molecule has 1 aliphatic carbocycles. The van der Waals surface area contributed by atoms with Crippen LogP contribution in [0.15, 0.2) is 48.7 Å². The molecule has 0 spiro atoms. The molecule has 2 aromatic rings. The molecule has 1 aromatic heterocycles. The van der Waals surface area contributed by atoms with Gasteiger partial charge in [-0.2, -0.15) is 0 Å². The van der Waals surface area contributed by atoms with Gasteiger partial charge in [0, 0.05) is 19.3 Å². The van der Waals surface area contributed by atoms with E-state index in [-0.39, 0.29) is 0 Å². The van der Waals surface area contributed by atoms with Crippen molar-refractivity contribution < 1.29 is 0 Å². The van der Waals surface area contributed by atoms with Crippen LogP contribution in [0.4, 0.5) is 0 Å². The van der Waals surface area contributed by atoms with E-state index in [0.717, 1.165) is 18.4 Å². The Bertz CT molecular complexity index is 608. The number of piperidine rings is 1. The third-order valence-electron chi connectivity index (χ3n) is 5.17. The molecule has 0 radical (unpaired) electrons. The number of pyridine rings is 1. The van der Waals surface area contributed by atoms with Crippen LogP contribution in [-0.2, 0) is 13.0 Å². The maximum absolute atomic E-state index is 4.47. The fourth-order valence-corrected chi connectivity index (χ4v) is 4.14. The zero-order valence-corrected chi connectivity index (χ0v) is 12.4. The summed E-state index contributed by atoms with van der Waals surface area (Å²) in [4.78, 5) is 7.07. The minimum Gasteiger partial charge on any atom is -0.297 e. The molecule has 2 nitrogen and oxygen atoms in total. The Morgan fingerprint density at radius 3 is 2.86 bits per heavy atom. The molecule has 0 saturated carbocycles. The fraction of sp³-hybridized carbons (Fsp3) is 0.421. The second-order valence-corrected chi connectivity index (χ2v) is 6.45. The van der Waals surface area contributed by atoms with Crippen molar-refractivity contribution in [3.63, 3.8) is 0 Å². The van der Waals surface area contributed by atoms with Crippen LogP contribution >= 0.6 is 0 Å². The Balaban J connectivity index is 1.48. The Kier molecular flexibility index (Phi) is 3.48. The Hall–Kier alpha value is -1.67. The van der Waals surface area contributed by atoms with E-state index in [1.807, 2.05) is 12.3 Å². The molecule has 0 unspecified atom stereocenters. The Morgan fingerprint density at radius 1 is 1.05 bits per heavy atom. The highest BCUT2D eigenvalue weighted by Gasteiger charge is 2.34. The van der Waals surface area contributed by atoms with Gasteiger partial charge in [-0.15, -0.1) is 0 Å².